The largest absolute Gasteiger partial charge is 0.443 e. The highest BCUT2D eigenvalue weighted by atomic mass is 32.1. The smallest absolute Gasteiger partial charge is 0.426 e. The van der Waals surface area contributed by atoms with Crippen LogP contribution in [0.3, 0.4) is 0 Å². The number of nitrogens with zero attached hydrogens (tertiary/aromatic N) is 3. The zero-order valence-electron chi connectivity index (χ0n) is 20.8. The van der Waals surface area contributed by atoms with Crippen LogP contribution >= 0.6 is 11.3 Å². The summed E-state index contributed by atoms with van der Waals surface area (Å²) < 4.78 is 14.0. The van der Waals surface area contributed by atoms with Gasteiger partial charge in [-0.25, -0.2) is 24.8 Å². The van der Waals surface area contributed by atoms with Crippen LogP contribution in [0.15, 0.2) is 9.59 Å². The van der Waals surface area contributed by atoms with Gasteiger partial charge < -0.3 is 15.2 Å². The van der Waals surface area contributed by atoms with E-state index >= 15 is 0 Å². The first-order valence-electron chi connectivity index (χ1n) is 11.8. The lowest BCUT2D eigenvalue weighted by molar-refractivity contribution is 0.0376. The summed E-state index contributed by atoms with van der Waals surface area (Å²) in [5.74, 6) is 0. The standard InChI is InChI=1S/C23H33N5O6S/c1-13-15(12-27(19(24)30)25-20(31)34-22(2,3)4)35-18-16(13)17(29)28(23(5)8-9-23)21(32)26(18)11-14-7-6-10-33-14/h14H,6-12H2,1-5H3,(H2,24,30)(H,25,31)/t14-/m1/s1. The molecule has 1 saturated heterocycles. The van der Waals surface area contributed by atoms with Crippen LogP contribution in [0.1, 0.15) is 63.8 Å². The lowest BCUT2D eigenvalue weighted by atomic mass is 10.2. The van der Waals surface area contributed by atoms with Crippen LogP contribution in [0.2, 0.25) is 0 Å². The van der Waals surface area contributed by atoms with Crippen LogP contribution < -0.4 is 22.4 Å². The molecular weight excluding hydrogens is 474 g/mol. The molecule has 12 heteroatoms. The van der Waals surface area contributed by atoms with Gasteiger partial charge in [-0.1, -0.05) is 0 Å². The minimum atomic E-state index is -0.882. The third-order valence-electron chi connectivity index (χ3n) is 6.43. The number of aromatic nitrogens is 2. The molecule has 3 N–H and O–H groups in total. The molecule has 0 spiro atoms. The van der Waals surface area contributed by atoms with Crippen LogP contribution in [0.4, 0.5) is 9.59 Å². The van der Waals surface area contributed by atoms with E-state index in [2.05, 4.69) is 5.43 Å². The summed E-state index contributed by atoms with van der Waals surface area (Å²) in [6.45, 7) is 9.73. The Bertz CT molecular complexity index is 1280. The van der Waals surface area contributed by atoms with Crippen molar-refractivity contribution in [2.24, 2.45) is 5.73 Å². The van der Waals surface area contributed by atoms with Crippen molar-refractivity contribution in [1.82, 2.24) is 19.6 Å². The number of hydrazine groups is 1. The minimum Gasteiger partial charge on any atom is -0.443 e. The quantitative estimate of drug-likeness (QED) is 0.597. The molecular formula is C23H33N5O6S. The predicted molar refractivity (Wildman–Crippen MR) is 131 cm³/mol. The van der Waals surface area contributed by atoms with Gasteiger partial charge in [0.15, 0.2) is 0 Å². The second-order valence-corrected chi connectivity index (χ2v) is 11.6. The fourth-order valence-electron chi connectivity index (χ4n) is 4.30. The van der Waals surface area contributed by atoms with Gasteiger partial charge in [0, 0.05) is 11.5 Å². The van der Waals surface area contributed by atoms with Crippen LogP contribution in [-0.2, 0) is 28.1 Å². The van der Waals surface area contributed by atoms with E-state index in [1.165, 1.54) is 15.9 Å². The van der Waals surface area contributed by atoms with E-state index in [1.54, 1.807) is 32.3 Å². The zero-order chi connectivity index (χ0) is 25.7. The number of fused-ring (bicyclic) bond motifs is 1. The second-order valence-electron chi connectivity index (χ2n) is 10.5. The Hall–Kier alpha value is -2.86. The average molecular weight is 508 g/mol. The molecule has 3 amide bonds. The molecule has 2 fully saturated rings. The van der Waals surface area contributed by atoms with Crippen molar-refractivity contribution in [3.63, 3.8) is 0 Å². The van der Waals surface area contributed by atoms with Gasteiger partial charge in [0.2, 0.25) is 0 Å². The van der Waals surface area contributed by atoms with Crippen LogP contribution in [0.25, 0.3) is 10.2 Å². The molecule has 2 aromatic rings. The summed E-state index contributed by atoms with van der Waals surface area (Å²) in [5.41, 5.74) is 6.59. The molecule has 1 saturated carbocycles. The first kappa shape index (κ1) is 25.2. The molecule has 0 bridgehead atoms. The molecule has 0 aromatic carbocycles. The molecule has 3 heterocycles. The number of amides is 3. The number of aryl methyl sites for hydroxylation is 1. The predicted octanol–water partition coefficient (Wildman–Crippen LogP) is 2.54. The molecule has 1 aliphatic carbocycles. The molecule has 1 aliphatic heterocycles. The highest BCUT2D eigenvalue weighted by Crippen LogP contribution is 2.41. The summed E-state index contributed by atoms with van der Waals surface area (Å²) in [7, 11) is 0. The van der Waals surface area contributed by atoms with Crippen molar-refractivity contribution in [3.05, 3.63) is 31.3 Å². The van der Waals surface area contributed by atoms with Gasteiger partial charge in [-0.05, 0) is 65.9 Å². The number of carbonyl (C=O) groups excluding carboxylic acids is 2. The topological polar surface area (TPSA) is 138 Å². The lowest BCUT2D eigenvalue weighted by Crippen LogP contribution is -2.49. The number of rotatable bonds is 5. The fourth-order valence-corrected chi connectivity index (χ4v) is 5.59. The third-order valence-corrected chi connectivity index (χ3v) is 7.73. The van der Waals surface area contributed by atoms with Gasteiger partial charge in [0.25, 0.3) is 5.56 Å². The average Bonchev–Trinajstić information content (AvgIpc) is 3.13. The molecule has 0 unspecified atom stereocenters. The van der Waals surface area contributed by atoms with E-state index in [0.717, 1.165) is 30.7 Å². The van der Waals surface area contributed by atoms with E-state index in [-0.39, 0.29) is 23.9 Å². The summed E-state index contributed by atoms with van der Waals surface area (Å²) in [4.78, 5) is 52.6. The Morgan fingerprint density at radius 2 is 2.00 bits per heavy atom. The number of primary amides is 1. The Morgan fingerprint density at radius 3 is 2.54 bits per heavy atom. The first-order chi connectivity index (χ1) is 16.3. The van der Waals surface area contributed by atoms with Crippen molar-refractivity contribution in [3.8, 4) is 0 Å². The number of hydrogen-bond donors (Lipinski definition) is 2. The van der Waals surface area contributed by atoms with Gasteiger partial charge in [-0.2, -0.15) is 0 Å². The Labute approximate surface area is 206 Å². The molecule has 1 atom stereocenters. The van der Waals surface area contributed by atoms with E-state index in [9.17, 15) is 19.2 Å². The number of hydrogen-bond acceptors (Lipinski definition) is 7. The molecule has 35 heavy (non-hydrogen) atoms. The zero-order valence-corrected chi connectivity index (χ0v) is 21.6. The van der Waals surface area contributed by atoms with Gasteiger partial charge >= 0.3 is 17.8 Å². The van der Waals surface area contributed by atoms with Gasteiger partial charge in [0.05, 0.1) is 30.1 Å². The Morgan fingerprint density at radius 1 is 1.31 bits per heavy atom. The molecule has 2 aliphatic rings. The Kier molecular flexibility index (Phi) is 6.47. The minimum absolute atomic E-state index is 0.0788. The number of nitrogens with two attached hydrogens (primary N) is 1. The van der Waals surface area contributed by atoms with E-state index < -0.39 is 23.3 Å². The number of thiophene rings is 1. The maximum Gasteiger partial charge on any atom is 0.426 e. The van der Waals surface area contributed by atoms with E-state index in [0.29, 0.717) is 33.8 Å². The van der Waals surface area contributed by atoms with E-state index in [1.807, 2.05) is 6.92 Å². The second kappa shape index (κ2) is 8.98. The maximum absolute atomic E-state index is 13.5. The van der Waals surface area contributed by atoms with E-state index in [4.69, 9.17) is 15.2 Å². The van der Waals surface area contributed by atoms with Crippen molar-refractivity contribution in [2.75, 3.05) is 6.61 Å². The molecule has 4 rings (SSSR count). The molecule has 192 valence electrons. The summed E-state index contributed by atoms with van der Waals surface area (Å²) in [6, 6.07) is -0.882. The normalized spacial score (nSPS) is 19.1. The summed E-state index contributed by atoms with van der Waals surface area (Å²) in [6.07, 6.45) is 2.37. The monoisotopic (exact) mass is 507 g/mol. The van der Waals surface area contributed by atoms with Crippen LogP contribution in [-0.4, -0.2) is 44.6 Å². The van der Waals surface area contributed by atoms with Crippen molar-refractivity contribution in [2.45, 2.75) is 90.6 Å². The van der Waals surface area contributed by atoms with Crippen molar-refractivity contribution in [1.29, 1.82) is 0 Å². The summed E-state index contributed by atoms with van der Waals surface area (Å²) in [5, 5.41) is 1.38. The van der Waals surface area contributed by atoms with Gasteiger partial charge in [-0.15, -0.1) is 11.3 Å². The summed E-state index contributed by atoms with van der Waals surface area (Å²) >= 11 is 1.24. The highest BCUT2D eigenvalue weighted by molar-refractivity contribution is 7.18. The fraction of sp³-hybridized carbons (Fsp3) is 0.652. The SMILES string of the molecule is Cc1c(CN(NC(=O)OC(C)(C)C)C(N)=O)sc2c1c(=O)n(C1(C)CC1)c(=O)n2C[C@H]1CCCO1. The van der Waals surface area contributed by atoms with Gasteiger partial charge in [0.1, 0.15) is 10.4 Å². The number of ether oxygens (including phenoxy) is 2. The van der Waals surface area contributed by atoms with Crippen molar-refractivity contribution < 1.29 is 19.1 Å². The third kappa shape index (κ3) is 5.08. The highest BCUT2D eigenvalue weighted by Gasteiger charge is 2.43. The van der Waals surface area contributed by atoms with Crippen LogP contribution in [0.5, 0.6) is 0 Å². The van der Waals surface area contributed by atoms with Crippen molar-refractivity contribution >= 4 is 33.7 Å². The Balaban J connectivity index is 1.77. The molecule has 0 radical (unpaired) electrons. The number of carbonyl (C=O) groups is 2. The molecule has 2 aromatic heterocycles. The molecule has 11 nitrogen and oxygen atoms in total. The van der Waals surface area contributed by atoms with Gasteiger partial charge in [-0.3, -0.25) is 13.9 Å². The number of urea groups is 1. The van der Waals surface area contributed by atoms with Crippen LogP contribution in [0, 0.1) is 6.92 Å². The first-order valence-corrected chi connectivity index (χ1v) is 12.6. The maximum atomic E-state index is 13.5. The lowest BCUT2D eigenvalue weighted by Gasteiger charge is -2.24. The number of nitrogens with one attached hydrogen (secondary N) is 1.